The van der Waals surface area contributed by atoms with Crippen LogP contribution in [0.25, 0.3) is 5.76 Å². The van der Waals surface area contributed by atoms with Crippen LogP contribution < -0.4 is 0 Å². The van der Waals surface area contributed by atoms with E-state index in [0.29, 0.717) is 5.76 Å². The van der Waals surface area contributed by atoms with E-state index in [0.717, 1.165) is 11.1 Å². The number of nitriles is 1. The van der Waals surface area contributed by atoms with Gasteiger partial charge in [-0.05, 0) is 20.8 Å². The maximum Gasteiger partial charge on any atom is 0.220 e. The van der Waals surface area contributed by atoms with Gasteiger partial charge in [0.25, 0.3) is 0 Å². The molecule has 1 aliphatic heterocycles. The maximum atomic E-state index is 11.9. The summed E-state index contributed by atoms with van der Waals surface area (Å²) in [5, 5.41) is 9.05. The fourth-order valence-electron chi connectivity index (χ4n) is 1.77. The number of nitrogens with zero attached hydrogens (tertiary/aromatic N) is 1. The van der Waals surface area contributed by atoms with Crippen LogP contribution in [0.3, 0.4) is 0 Å². The normalized spacial score (nSPS) is 17.9. The predicted molar refractivity (Wildman–Crippen MR) is 63.9 cm³/mol. The highest BCUT2D eigenvalue weighted by molar-refractivity contribution is 6.12. The van der Waals surface area contributed by atoms with Gasteiger partial charge < -0.3 is 4.74 Å². The van der Waals surface area contributed by atoms with Crippen LogP contribution in [-0.4, -0.2) is 11.4 Å². The van der Waals surface area contributed by atoms with Gasteiger partial charge in [-0.2, -0.15) is 5.26 Å². The van der Waals surface area contributed by atoms with E-state index in [1.165, 1.54) is 0 Å². The summed E-state index contributed by atoms with van der Waals surface area (Å²) in [6, 6.07) is 9.51. The molecule has 0 radical (unpaired) electrons. The van der Waals surface area contributed by atoms with E-state index < -0.39 is 5.60 Å². The molecule has 0 unspecified atom stereocenters. The molecule has 0 fully saturated rings. The second-order valence-corrected chi connectivity index (χ2v) is 4.62. The van der Waals surface area contributed by atoms with Crippen LogP contribution in [0.1, 0.15) is 25.0 Å². The lowest BCUT2D eigenvalue weighted by Gasteiger charge is -2.17. The summed E-state index contributed by atoms with van der Waals surface area (Å²) in [6.45, 7) is 5.33. The SMILES string of the molecule is Cc1ccc(C2=C(C#N)C(=O)C(C)(C)O2)cc1. The van der Waals surface area contributed by atoms with Crippen molar-refractivity contribution in [2.45, 2.75) is 26.4 Å². The second-order valence-electron chi connectivity index (χ2n) is 4.62. The molecule has 1 aromatic rings. The van der Waals surface area contributed by atoms with E-state index in [9.17, 15) is 4.79 Å². The number of carbonyl (C=O) groups is 1. The number of carbonyl (C=O) groups excluding carboxylic acids is 1. The number of hydrogen-bond donors (Lipinski definition) is 0. The average molecular weight is 227 g/mol. The molecule has 0 aromatic heterocycles. The highest BCUT2D eigenvalue weighted by Crippen LogP contribution is 2.35. The monoisotopic (exact) mass is 227 g/mol. The van der Waals surface area contributed by atoms with Crippen molar-refractivity contribution in [2.24, 2.45) is 0 Å². The Morgan fingerprint density at radius 2 is 1.82 bits per heavy atom. The van der Waals surface area contributed by atoms with Crippen LogP contribution in [0.2, 0.25) is 0 Å². The fraction of sp³-hybridized carbons (Fsp3) is 0.286. The quantitative estimate of drug-likeness (QED) is 0.741. The number of ketones is 1. The van der Waals surface area contributed by atoms with Gasteiger partial charge in [-0.1, -0.05) is 29.8 Å². The number of aryl methyl sites for hydroxylation is 1. The molecule has 0 saturated carbocycles. The molecule has 3 nitrogen and oxygen atoms in total. The summed E-state index contributed by atoms with van der Waals surface area (Å²) in [6.07, 6.45) is 0. The van der Waals surface area contributed by atoms with Crippen molar-refractivity contribution in [3.8, 4) is 6.07 Å². The van der Waals surface area contributed by atoms with Crippen molar-refractivity contribution in [1.29, 1.82) is 5.26 Å². The summed E-state index contributed by atoms with van der Waals surface area (Å²) in [7, 11) is 0. The number of Topliss-reactive ketones (excluding diaryl/α,β-unsaturated/α-hetero) is 1. The second kappa shape index (κ2) is 3.74. The van der Waals surface area contributed by atoms with E-state index in [2.05, 4.69) is 0 Å². The molecule has 1 aromatic carbocycles. The van der Waals surface area contributed by atoms with Gasteiger partial charge in [0.05, 0.1) is 0 Å². The lowest BCUT2D eigenvalue weighted by molar-refractivity contribution is -0.126. The van der Waals surface area contributed by atoms with Gasteiger partial charge in [0.2, 0.25) is 5.78 Å². The Hall–Kier alpha value is -2.08. The molecule has 0 N–H and O–H groups in total. The van der Waals surface area contributed by atoms with E-state index in [1.807, 2.05) is 37.3 Å². The Labute approximate surface area is 100 Å². The minimum absolute atomic E-state index is 0.110. The number of rotatable bonds is 1. The average Bonchev–Trinajstić information content (AvgIpc) is 2.51. The van der Waals surface area contributed by atoms with Crippen molar-refractivity contribution in [1.82, 2.24) is 0 Å². The minimum Gasteiger partial charge on any atom is -0.478 e. The van der Waals surface area contributed by atoms with E-state index in [4.69, 9.17) is 10.00 Å². The molecular weight excluding hydrogens is 214 g/mol. The standard InChI is InChI=1S/C14H13NO2/c1-9-4-6-10(7-5-9)12-11(8-15)13(16)14(2,3)17-12/h4-7H,1-3H3. The first kappa shape index (κ1) is 11.4. The first-order chi connectivity index (χ1) is 7.95. The summed E-state index contributed by atoms with van der Waals surface area (Å²) in [5.41, 5.74) is 1.06. The summed E-state index contributed by atoms with van der Waals surface area (Å²) in [5.74, 6) is 0.137. The predicted octanol–water partition coefficient (Wildman–Crippen LogP) is 2.61. The molecule has 0 atom stereocenters. The van der Waals surface area contributed by atoms with Gasteiger partial charge >= 0.3 is 0 Å². The van der Waals surface area contributed by atoms with Gasteiger partial charge in [-0.25, -0.2) is 0 Å². The van der Waals surface area contributed by atoms with E-state index >= 15 is 0 Å². The fourth-order valence-corrected chi connectivity index (χ4v) is 1.77. The summed E-state index contributed by atoms with van der Waals surface area (Å²) >= 11 is 0. The summed E-state index contributed by atoms with van der Waals surface area (Å²) in [4.78, 5) is 11.9. The Balaban J connectivity index is 2.52. The van der Waals surface area contributed by atoms with Gasteiger partial charge in [-0.15, -0.1) is 0 Å². The topological polar surface area (TPSA) is 50.1 Å². The Morgan fingerprint density at radius 3 is 2.35 bits per heavy atom. The third kappa shape index (κ3) is 1.83. The largest absolute Gasteiger partial charge is 0.478 e. The molecule has 1 heterocycles. The Bertz CT molecular complexity index is 545. The van der Waals surface area contributed by atoms with Crippen molar-refractivity contribution >= 4 is 11.5 Å². The highest BCUT2D eigenvalue weighted by atomic mass is 16.5. The molecule has 0 amide bonds. The molecular formula is C14H13NO2. The van der Waals surface area contributed by atoms with Crippen LogP contribution in [-0.2, 0) is 9.53 Å². The molecule has 0 bridgehead atoms. The van der Waals surface area contributed by atoms with Crippen LogP contribution in [0, 0.1) is 18.3 Å². The zero-order valence-electron chi connectivity index (χ0n) is 10.1. The minimum atomic E-state index is -0.939. The zero-order valence-corrected chi connectivity index (χ0v) is 10.1. The van der Waals surface area contributed by atoms with E-state index in [-0.39, 0.29) is 11.4 Å². The van der Waals surface area contributed by atoms with Crippen molar-refractivity contribution in [3.05, 3.63) is 41.0 Å². The van der Waals surface area contributed by atoms with Gasteiger partial charge in [-0.3, -0.25) is 4.79 Å². The first-order valence-electron chi connectivity index (χ1n) is 5.41. The van der Waals surface area contributed by atoms with Crippen molar-refractivity contribution < 1.29 is 9.53 Å². The Kier molecular flexibility index (Phi) is 2.51. The Morgan fingerprint density at radius 1 is 1.24 bits per heavy atom. The smallest absolute Gasteiger partial charge is 0.220 e. The first-order valence-corrected chi connectivity index (χ1v) is 5.41. The van der Waals surface area contributed by atoms with Crippen LogP contribution in [0.5, 0.6) is 0 Å². The zero-order chi connectivity index (χ0) is 12.6. The molecule has 3 heteroatoms. The van der Waals surface area contributed by atoms with Crippen LogP contribution in [0.4, 0.5) is 0 Å². The van der Waals surface area contributed by atoms with Crippen LogP contribution in [0.15, 0.2) is 29.8 Å². The molecule has 1 aliphatic rings. The third-order valence-electron chi connectivity index (χ3n) is 2.78. The van der Waals surface area contributed by atoms with Crippen molar-refractivity contribution in [3.63, 3.8) is 0 Å². The van der Waals surface area contributed by atoms with Crippen molar-refractivity contribution in [2.75, 3.05) is 0 Å². The lowest BCUT2D eigenvalue weighted by atomic mass is 9.99. The third-order valence-corrected chi connectivity index (χ3v) is 2.78. The lowest BCUT2D eigenvalue weighted by Crippen LogP contribution is -2.29. The van der Waals surface area contributed by atoms with E-state index in [1.54, 1.807) is 13.8 Å². The molecule has 86 valence electrons. The van der Waals surface area contributed by atoms with Gasteiger partial charge in [0.1, 0.15) is 17.4 Å². The molecule has 0 aliphatic carbocycles. The number of benzene rings is 1. The molecule has 17 heavy (non-hydrogen) atoms. The number of ether oxygens (including phenoxy) is 1. The molecule has 0 spiro atoms. The van der Waals surface area contributed by atoms with Crippen LogP contribution >= 0.6 is 0 Å². The molecule has 0 saturated heterocycles. The highest BCUT2D eigenvalue weighted by Gasteiger charge is 2.42. The maximum absolute atomic E-state index is 11.9. The van der Waals surface area contributed by atoms with Gasteiger partial charge in [0, 0.05) is 5.56 Å². The molecule has 2 rings (SSSR count). The summed E-state index contributed by atoms with van der Waals surface area (Å²) < 4.78 is 5.60. The number of hydrogen-bond acceptors (Lipinski definition) is 3. The van der Waals surface area contributed by atoms with Gasteiger partial charge in [0.15, 0.2) is 5.60 Å².